The lowest BCUT2D eigenvalue weighted by atomic mass is 10.1. The second-order valence-corrected chi connectivity index (χ2v) is 4.37. The van der Waals surface area contributed by atoms with E-state index in [1.807, 2.05) is 24.3 Å². The summed E-state index contributed by atoms with van der Waals surface area (Å²) in [6, 6.07) is 7.64. The van der Waals surface area contributed by atoms with Gasteiger partial charge in [0.1, 0.15) is 5.75 Å². The van der Waals surface area contributed by atoms with Crippen molar-refractivity contribution in [3.63, 3.8) is 0 Å². The average molecular weight is 276 g/mol. The molecule has 106 valence electrons. The summed E-state index contributed by atoms with van der Waals surface area (Å²) in [4.78, 5) is 10.4. The molecule has 20 heavy (non-hydrogen) atoms. The summed E-state index contributed by atoms with van der Waals surface area (Å²) in [6.45, 7) is 0. The fourth-order valence-electron chi connectivity index (χ4n) is 1.81. The van der Waals surface area contributed by atoms with Crippen LogP contribution in [0.2, 0.25) is 0 Å². The molecule has 2 rings (SSSR count). The van der Waals surface area contributed by atoms with Crippen molar-refractivity contribution in [3.05, 3.63) is 41.6 Å². The van der Waals surface area contributed by atoms with Crippen LogP contribution in [0, 0.1) is 0 Å². The molecule has 2 aromatic rings. The molecule has 1 N–H and O–H groups in total. The van der Waals surface area contributed by atoms with Gasteiger partial charge in [0.25, 0.3) is 0 Å². The average Bonchev–Trinajstić information content (AvgIpc) is 2.86. The smallest absolute Gasteiger partial charge is 0.303 e. The molecule has 0 aliphatic rings. The molecule has 0 amide bonds. The van der Waals surface area contributed by atoms with Crippen molar-refractivity contribution in [1.82, 2.24) is 10.2 Å². The number of carboxylic acids is 1. The van der Waals surface area contributed by atoms with E-state index < -0.39 is 5.97 Å². The monoisotopic (exact) mass is 276 g/mol. The molecule has 0 saturated heterocycles. The Labute approximate surface area is 116 Å². The number of hydrogen-bond acceptors (Lipinski definition) is 5. The Bertz CT molecular complexity index is 580. The molecular weight excluding hydrogens is 260 g/mol. The lowest BCUT2D eigenvalue weighted by Gasteiger charge is -2.01. The number of ether oxygens (including phenoxy) is 1. The first kappa shape index (κ1) is 14.0. The highest BCUT2D eigenvalue weighted by Gasteiger charge is 2.08. The fourth-order valence-corrected chi connectivity index (χ4v) is 1.81. The normalized spacial score (nSPS) is 10.4. The Balaban J connectivity index is 1.93. The number of aryl methyl sites for hydroxylation is 1. The first-order chi connectivity index (χ1) is 9.67. The number of hydrogen-bond donors (Lipinski definition) is 1. The van der Waals surface area contributed by atoms with Crippen molar-refractivity contribution in [2.24, 2.45) is 0 Å². The summed E-state index contributed by atoms with van der Waals surface area (Å²) in [7, 11) is 1.62. The van der Waals surface area contributed by atoms with E-state index in [0.29, 0.717) is 31.0 Å². The zero-order valence-electron chi connectivity index (χ0n) is 11.2. The zero-order chi connectivity index (χ0) is 14.4. The first-order valence-electron chi connectivity index (χ1n) is 6.33. The highest BCUT2D eigenvalue weighted by molar-refractivity contribution is 5.66. The summed E-state index contributed by atoms with van der Waals surface area (Å²) in [5.41, 5.74) is 1.02. The van der Waals surface area contributed by atoms with E-state index in [4.69, 9.17) is 14.3 Å². The SMILES string of the molecule is COc1cccc(Cc2nnc(CCCC(=O)O)o2)c1. The third-order valence-electron chi connectivity index (χ3n) is 2.78. The van der Waals surface area contributed by atoms with E-state index in [9.17, 15) is 4.79 Å². The van der Waals surface area contributed by atoms with Crippen LogP contribution >= 0.6 is 0 Å². The fraction of sp³-hybridized carbons (Fsp3) is 0.357. The number of rotatable bonds is 7. The van der Waals surface area contributed by atoms with E-state index in [1.54, 1.807) is 7.11 Å². The summed E-state index contributed by atoms with van der Waals surface area (Å²) in [5, 5.41) is 16.4. The maximum absolute atomic E-state index is 10.4. The Kier molecular flexibility index (Phi) is 4.70. The van der Waals surface area contributed by atoms with Crippen molar-refractivity contribution in [2.45, 2.75) is 25.7 Å². The molecule has 1 aromatic carbocycles. The number of carbonyl (C=O) groups is 1. The van der Waals surface area contributed by atoms with Gasteiger partial charge in [-0.2, -0.15) is 0 Å². The summed E-state index contributed by atoms with van der Waals surface area (Å²) in [6.07, 6.45) is 1.62. The van der Waals surface area contributed by atoms with Crippen LogP contribution in [0.3, 0.4) is 0 Å². The molecule has 0 bridgehead atoms. The van der Waals surface area contributed by atoms with Gasteiger partial charge in [-0.1, -0.05) is 12.1 Å². The van der Waals surface area contributed by atoms with Crippen LogP contribution in [0.15, 0.2) is 28.7 Å². The molecule has 0 aliphatic carbocycles. The quantitative estimate of drug-likeness (QED) is 0.833. The van der Waals surface area contributed by atoms with E-state index in [-0.39, 0.29) is 6.42 Å². The number of aliphatic carboxylic acids is 1. The van der Waals surface area contributed by atoms with Crippen molar-refractivity contribution in [1.29, 1.82) is 0 Å². The minimum Gasteiger partial charge on any atom is -0.497 e. The Morgan fingerprint density at radius 3 is 2.90 bits per heavy atom. The lowest BCUT2D eigenvalue weighted by molar-refractivity contribution is -0.137. The number of aromatic nitrogens is 2. The van der Waals surface area contributed by atoms with Gasteiger partial charge >= 0.3 is 5.97 Å². The highest BCUT2D eigenvalue weighted by Crippen LogP contribution is 2.16. The first-order valence-corrected chi connectivity index (χ1v) is 6.33. The molecule has 6 nitrogen and oxygen atoms in total. The second-order valence-electron chi connectivity index (χ2n) is 4.37. The van der Waals surface area contributed by atoms with Crippen molar-refractivity contribution in [3.8, 4) is 5.75 Å². The van der Waals surface area contributed by atoms with Gasteiger partial charge < -0.3 is 14.3 Å². The molecule has 1 heterocycles. The third-order valence-corrected chi connectivity index (χ3v) is 2.78. The summed E-state index contributed by atoms with van der Waals surface area (Å²) in [5.74, 6) is 0.956. The minimum absolute atomic E-state index is 0.105. The zero-order valence-corrected chi connectivity index (χ0v) is 11.2. The van der Waals surface area contributed by atoms with Gasteiger partial charge in [-0.3, -0.25) is 4.79 Å². The van der Waals surface area contributed by atoms with Crippen LogP contribution in [-0.2, 0) is 17.6 Å². The molecule has 0 unspecified atom stereocenters. The molecule has 6 heteroatoms. The van der Waals surface area contributed by atoms with Crippen molar-refractivity contribution in [2.75, 3.05) is 7.11 Å². The van der Waals surface area contributed by atoms with Gasteiger partial charge in [-0.05, 0) is 24.1 Å². The van der Waals surface area contributed by atoms with Crippen molar-refractivity contribution < 1.29 is 19.1 Å². The third kappa shape index (κ3) is 4.08. The molecule has 1 aromatic heterocycles. The van der Waals surface area contributed by atoms with Crippen LogP contribution in [-0.4, -0.2) is 28.4 Å². The van der Waals surface area contributed by atoms with Gasteiger partial charge in [0.15, 0.2) is 0 Å². The molecule has 0 radical (unpaired) electrons. The van der Waals surface area contributed by atoms with Crippen LogP contribution in [0.1, 0.15) is 30.2 Å². The van der Waals surface area contributed by atoms with E-state index in [2.05, 4.69) is 10.2 Å². The van der Waals surface area contributed by atoms with Gasteiger partial charge in [0.05, 0.1) is 13.5 Å². The topological polar surface area (TPSA) is 85.5 Å². The second kappa shape index (κ2) is 6.70. The largest absolute Gasteiger partial charge is 0.497 e. The molecule has 0 atom stereocenters. The highest BCUT2D eigenvalue weighted by atomic mass is 16.5. The van der Waals surface area contributed by atoms with Crippen molar-refractivity contribution >= 4 is 5.97 Å². The molecular formula is C14H16N2O4. The van der Waals surface area contributed by atoms with E-state index in [0.717, 1.165) is 11.3 Å². The predicted molar refractivity (Wildman–Crippen MR) is 70.7 cm³/mol. The maximum atomic E-state index is 10.4. The summed E-state index contributed by atoms with van der Waals surface area (Å²) < 4.78 is 10.6. The van der Waals surface area contributed by atoms with Crippen LogP contribution < -0.4 is 4.74 Å². The van der Waals surface area contributed by atoms with Gasteiger partial charge in [-0.25, -0.2) is 0 Å². The number of benzene rings is 1. The molecule has 0 saturated carbocycles. The Morgan fingerprint density at radius 1 is 1.35 bits per heavy atom. The lowest BCUT2D eigenvalue weighted by Crippen LogP contribution is -1.95. The van der Waals surface area contributed by atoms with E-state index in [1.165, 1.54) is 0 Å². The van der Waals surface area contributed by atoms with Gasteiger partial charge in [0, 0.05) is 12.8 Å². The predicted octanol–water partition coefficient (Wildman–Crippen LogP) is 2.08. The molecule has 0 fully saturated rings. The molecule has 0 aliphatic heterocycles. The Morgan fingerprint density at radius 2 is 2.15 bits per heavy atom. The standard InChI is InChI=1S/C14H16N2O4/c1-19-11-5-2-4-10(8-11)9-13-16-15-12(20-13)6-3-7-14(17)18/h2,4-5,8H,3,6-7,9H2,1H3,(H,17,18). The molecule has 0 spiro atoms. The minimum atomic E-state index is -0.818. The number of nitrogens with zero attached hydrogens (tertiary/aromatic N) is 2. The Hall–Kier alpha value is -2.37. The van der Waals surface area contributed by atoms with Gasteiger partial charge in [0.2, 0.25) is 11.8 Å². The maximum Gasteiger partial charge on any atom is 0.303 e. The number of methoxy groups -OCH3 is 1. The van der Waals surface area contributed by atoms with Gasteiger partial charge in [-0.15, -0.1) is 10.2 Å². The number of carboxylic acid groups (broad SMARTS) is 1. The van der Waals surface area contributed by atoms with Crippen LogP contribution in [0.4, 0.5) is 0 Å². The summed E-state index contributed by atoms with van der Waals surface area (Å²) >= 11 is 0. The van der Waals surface area contributed by atoms with Crippen LogP contribution in [0.25, 0.3) is 0 Å². The van der Waals surface area contributed by atoms with Crippen LogP contribution in [0.5, 0.6) is 5.75 Å². The van der Waals surface area contributed by atoms with E-state index >= 15 is 0 Å².